The van der Waals surface area contributed by atoms with Crippen molar-refractivity contribution in [1.29, 1.82) is 5.26 Å². The van der Waals surface area contributed by atoms with Gasteiger partial charge in [-0.2, -0.15) is 5.26 Å². The summed E-state index contributed by atoms with van der Waals surface area (Å²) in [7, 11) is 0. The molecule has 0 saturated heterocycles. The van der Waals surface area contributed by atoms with Gasteiger partial charge in [0.2, 0.25) is 0 Å². The van der Waals surface area contributed by atoms with Crippen LogP contribution >= 0.6 is 0 Å². The van der Waals surface area contributed by atoms with Crippen molar-refractivity contribution >= 4 is 5.69 Å². The lowest BCUT2D eigenvalue weighted by atomic mass is 10.0. The van der Waals surface area contributed by atoms with E-state index < -0.39 is 4.92 Å². The molecule has 4 nitrogen and oxygen atoms in total. The van der Waals surface area contributed by atoms with Crippen LogP contribution in [0.3, 0.4) is 0 Å². The summed E-state index contributed by atoms with van der Waals surface area (Å²) >= 11 is 0. The lowest BCUT2D eigenvalue weighted by Gasteiger charge is -2.01. The second-order valence-electron chi connectivity index (χ2n) is 2.66. The van der Waals surface area contributed by atoms with Gasteiger partial charge in [0.05, 0.1) is 17.4 Å². The van der Waals surface area contributed by atoms with Crippen LogP contribution in [0.15, 0.2) is 18.2 Å². The standard InChI is InChI=1S/C9H8N2O2/c1-7-3-2-4-9(11(12)13)8(7)5-6-10/h2-4H,5H2,1H3. The first-order valence-electron chi connectivity index (χ1n) is 3.76. The van der Waals surface area contributed by atoms with Gasteiger partial charge in [0, 0.05) is 11.6 Å². The van der Waals surface area contributed by atoms with E-state index in [1.807, 2.05) is 6.07 Å². The molecular weight excluding hydrogens is 168 g/mol. The van der Waals surface area contributed by atoms with Crippen molar-refractivity contribution in [1.82, 2.24) is 0 Å². The minimum Gasteiger partial charge on any atom is -0.258 e. The lowest BCUT2D eigenvalue weighted by molar-refractivity contribution is -0.385. The Bertz CT molecular complexity index is 380. The van der Waals surface area contributed by atoms with Crippen LogP contribution in [0, 0.1) is 28.4 Å². The van der Waals surface area contributed by atoms with Gasteiger partial charge < -0.3 is 0 Å². The van der Waals surface area contributed by atoms with E-state index in [2.05, 4.69) is 0 Å². The van der Waals surface area contributed by atoms with E-state index in [1.54, 1.807) is 19.1 Å². The second-order valence-corrected chi connectivity index (χ2v) is 2.66. The van der Waals surface area contributed by atoms with Gasteiger partial charge in [-0.3, -0.25) is 10.1 Å². The number of nitro benzene ring substituents is 1. The molecule has 1 aromatic carbocycles. The van der Waals surface area contributed by atoms with Crippen molar-refractivity contribution in [3.8, 4) is 6.07 Å². The molecule has 0 amide bonds. The minimum atomic E-state index is -0.459. The first kappa shape index (κ1) is 9.20. The van der Waals surface area contributed by atoms with Crippen molar-refractivity contribution in [2.45, 2.75) is 13.3 Å². The van der Waals surface area contributed by atoms with Crippen LogP contribution in [0.2, 0.25) is 0 Å². The third-order valence-corrected chi connectivity index (χ3v) is 1.84. The first-order chi connectivity index (χ1) is 6.16. The largest absolute Gasteiger partial charge is 0.273 e. The van der Waals surface area contributed by atoms with Gasteiger partial charge in [-0.25, -0.2) is 0 Å². The molecule has 0 unspecified atom stereocenters. The number of hydrogen-bond acceptors (Lipinski definition) is 3. The van der Waals surface area contributed by atoms with Gasteiger partial charge in [0.15, 0.2) is 0 Å². The average Bonchev–Trinajstić information content (AvgIpc) is 2.08. The smallest absolute Gasteiger partial charge is 0.258 e. The highest BCUT2D eigenvalue weighted by Gasteiger charge is 2.14. The Hall–Kier alpha value is -1.89. The van der Waals surface area contributed by atoms with Crippen LogP contribution in [0.1, 0.15) is 11.1 Å². The van der Waals surface area contributed by atoms with Gasteiger partial charge in [-0.05, 0) is 12.5 Å². The van der Waals surface area contributed by atoms with Gasteiger partial charge in [0.25, 0.3) is 5.69 Å². The maximum absolute atomic E-state index is 10.5. The Balaban J connectivity index is 3.27. The van der Waals surface area contributed by atoms with Crippen LogP contribution < -0.4 is 0 Å². The van der Waals surface area contributed by atoms with Crippen LogP contribution in [0.25, 0.3) is 0 Å². The number of rotatable bonds is 2. The number of hydrogen-bond donors (Lipinski definition) is 0. The predicted molar refractivity (Wildman–Crippen MR) is 47.2 cm³/mol. The Labute approximate surface area is 75.6 Å². The molecule has 0 spiro atoms. The zero-order chi connectivity index (χ0) is 9.84. The van der Waals surface area contributed by atoms with Crippen LogP contribution in [-0.2, 0) is 6.42 Å². The molecule has 0 atom stereocenters. The van der Waals surface area contributed by atoms with Crippen LogP contribution in [0.5, 0.6) is 0 Å². The SMILES string of the molecule is Cc1cccc([N+](=O)[O-])c1CC#N. The highest BCUT2D eigenvalue weighted by atomic mass is 16.6. The van der Waals surface area contributed by atoms with E-state index >= 15 is 0 Å². The number of nitriles is 1. The van der Waals surface area contributed by atoms with Crippen molar-refractivity contribution in [2.75, 3.05) is 0 Å². The summed E-state index contributed by atoms with van der Waals surface area (Å²) in [6.07, 6.45) is 0.0863. The second kappa shape index (κ2) is 3.68. The van der Waals surface area contributed by atoms with E-state index in [1.165, 1.54) is 6.07 Å². The number of benzene rings is 1. The minimum absolute atomic E-state index is 0.0292. The summed E-state index contributed by atoms with van der Waals surface area (Å²) in [5, 5.41) is 19.0. The monoisotopic (exact) mass is 176 g/mol. The molecule has 13 heavy (non-hydrogen) atoms. The fourth-order valence-electron chi connectivity index (χ4n) is 1.17. The third-order valence-electron chi connectivity index (χ3n) is 1.84. The summed E-state index contributed by atoms with van der Waals surface area (Å²) in [6.45, 7) is 1.76. The van der Waals surface area contributed by atoms with Crippen molar-refractivity contribution in [3.05, 3.63) is 39.4 Å². The lowest BCUT2D eigenvalue weighted by Crippen LogP contribution is -1.96. The zero-order valence-electron chi connectivity index (χ0n) is 7.15. The van der Waals surface area contributed by atoms with E-state index in [0.717, 1.165) is 5.56 Å². The fourth-order valence-corrected chi connectivity index (χ4v) is 1.17. The van der Waals surface area contributed by atoms with E-state index in [4.69, 9.17) is 5.26 Å². The summed E-state index contributed by atoms with van der Waals surface area (Å²) in [5.74, 6) is 0. The van der Waals surface area contributed by atoms with E-state index in [9.17, 15) is 10.1 Å². The molecule has 1 rings (SSSR count). The molecule has 0 aromatic heterocycles. The van der Waals surface area contributed by atoms with Crippen molar-refractivity contribution in [2.24, 2.45) is 0 Å². The summed E-state index contributed by atoms with van der Waals surface area (Å²) in [4.78, 5) is 10.1. The number of aryl methyl sites for hydroxylation is 1. The Kier molecular flexibility index (Phi) is 2.60. The van der Waals surface area contributed by atoms with E-state index in [0.29, 0.717) is 5.56 Å². The summed E-state index contributed by atoms with van der Waals surface area (Å²) < 4.78 is 0. The van der Waals surface area contributed by atoms with Gasteiger partial charge >= 0.3 is 0 Å². The molecule has 0 aliphatic carbocycles. The van der Waals surface area contributed by atoms with Gasteiger partial charge in [-0.1, -0.05) is 12.1 Å². The molecule has 66 valence electrons. The average molecular weight is 176 g/mol. The van der Waals surface area contributed by atoms with E-state index in [-0.39, 0.29) is 12.1 Å². The molecule has 0 radical (unpaired) electrons. The van der Waals surface area contributed by atoms with Crippen LogP contribution in [0.4, 0.5) is 5.69 Å². The van der Waals surface area contributed by atoms with Crippen molar-refractivity contribution < 1.29 is 4.92 Å². The summed E-state index contributed by atoms with van der Waals surface area (Å²) in [6, 6.07) is 6.71. The molecule has 0 heterocycles. The Morgan fingerprint density at radius 2 is 2.31 bits per heavy atom. The topological polar surface area (TPSA) is 66.9 Å². The molecule has 0 N–H and O–H groups in total. The molecule has 0 bridgehead atoms. The van der Waals surface area contributed by atoms with Crippen molar-refractivity contribution in [3.63, 3.8) is 0 Å². The predicted octanol–water partition coefficient (Wildman–Crippen LogP) is 1.97. The number of nitrogens with zero attached hydrogens (tertiary/aromatic N) is 2. The highest BCUT2D eigenvalue weighted by molar-refractivity contribution is 5.46. The molecule has 1 aromatic rings. The zero-order valence-corrected chi connectivity index (χ0v) is 7.15. The third kappa shape index (κ3) is 1.82. The highest BCUT2D eigenvalue weighted by Crippen LogP contribution is 2.21. The summed E-state index contributed by atoms with van der Waals surface area (Å²) in [5.41, 5.74) is 1.33. The Morgan fingerprint density at radius 3 is 2.85 bits per heavy atom. The molecular formula is C9H8N2O2. The molecule has 0 aliphatic heterocycles. The molecule has 0 fully saturated rings. The number of nitro groups is 1. The van der Waals surface area contributed by atoms with Crippen LogP contribution in [-0.4, -0.2) is 4.92 Å². The molecule has 0 aliphatic rings. The van der Waals surface area contributed by atoms with Gasteiger partial charge in [0.1, 0.15) is 0 Å². The normalized spacial score (nSPS) is 9.23. The molecule has 0 saturated carbocycles. The fraction of sp³-hybridized carbons (Fsp3) is 0.222. The first-order valence-corrected chi connectivity index (χ1v) is 3.76. The quantitative estimate of drug-likeness (QED) is 0.511. The van der Waals surface area contributed by atoms with Gasteiger partial charge in [-0.15, -0.1) is 0 Å². The molecule has 4 heteroatoms. The Morgan fingerprint density at radius 1 is 1.62 bits per heavy atom. The maximum atomic E-state index is 10.5. The maximum Gasteiger partial charge on any atom is 0.273 e.